The Balaban J connectivity index is 1.54. The highest BCUT2D eigenvalue weighted by Gasteiger charge is 2.35. The second-order valence-electron chi connectivity index (χ2n) is 8.33. The van der Waals surface area contributed by atoms with E-state index in [0.717, 1.165) is 0 Å². The summed E-state index contributed by atoms with van der Waals surface area (Å²) in [4.78, 5) is 24.7. The van der Waals surface area contributed by atoms with Crippen molar-refractivity contribution >= 4 is 44.8 Å². The van der Waals surface area contributed by atoms with E-state index >= 15 is 0 Å². The normalized spacial score (nSPS) is 18.2. The Kier molecular flexibility index (Phi) is 7.11. The number of amides is 2. The Morgan fingerprint density at radius 2 is 1.94 bits per heavy atom. The van der Waals surface area contributed by atoms with Crippen molar-refractivity contribution in [2.45, 2.75) is 24.7 Å². The number of rotatable bonds is 6. The fourth-order valence-corrected chi connectivity index (χ4v) is 6.19. The largest absolute Gasteiger partial charge is 0.495 e. The summed E-state index contributed by atoms with van der Waals surface area (Å²) in [6, 6.07) is 6.10. The molecule has 0 saturated carbocycles. The topological polar surface area (TPSA) is 123 Å². The van der Waals surface area contributed by atoms with E-state index in [1.54, 1.807) is 19.1 Å². The second-order valence-corrected chi connectivity index (χ2v) is 10.6. The van der Waals surface area contributed by atoms with Crippen LogP contribution in [0.25, 0.3) is 0 Å². The Morgan fingerprint density at radius 3 is 2.66 bits per heavy atom. The van der Waals surface area contributed by atoms with Gasteiger partial charge in [0.15, 0.2) is 6.61 Å². The number of nitrogens with one attached hydrogen (secondary N) is 2. The van der Waals surface area contributed by atoms with E-state index in [4.69, 9.17) is 25.8 Å². The summed E-state index contributed by atoms with van der Waals surface area (Å²) in [5.41, 5.74) is 1.27. The predicted octanol–water partition coefficient (Wildman–Crippen LogP) is 3.04. The van der Waals surface area contributed by atoms with Gasteiger partial charge in [-0.15, -0.1) is 0 Å². The van der Waals surface area contributed by atoms with Gasteiger partial charge in [-0.2, -0.15) is 4.31 Å². The van der Waals surface area contributed by atoms with E-state index in [1.807, 2.05) is 0 Å². The van der Waals surface area contributed by atoms with E-state index in [9.17, 15) is 18.0 Å². The average molecular weight is 524 g/mol. The van der Waals surface area contributed by atoms with Crippen LogP contribution in [0.1, 0.15) is 18.4 Å². The van der Waals surface area contributed by atoms with Crippen molar-refractivity contribution in [3.05, 3.63) is 34.9 Å². The zero-order chi connectivity index (χ0) is 25.3. The molecule has 0 aliphatic carbocycles. The minimum absolute atomic E-state index is 0.0223. The number of carbonyl (C=O) groups excluding carboxylic acids is 2. The monoisotopic (exact) mass is 523 g/mol. The standard InChI is InChI=1S/C23H26ClN3O7S/c1-13-7-16-20(34-12-22(28)25-16)10-21(13)35(30,31)27-6-4-5-14(11-27)23(29)26-17-8-15(24)18(32-2)9-19(17)33-3/h7-10,14H,4-6,11-12H2,1-3H3,(H,25,28)(H,26,29)/t14-/m1/s1. The first kappa shape index (κ1) is 25.1. The van der Waals surface area contributed by atoms with Crippen LogP contribution in [-0.4, -0.2) is 58.5 Å². The molecule has 4 rings (SSSR count). The number of piperidine rings is 1. The molecule has 2 aromatic rings. The number of ether oxygens (including phenoxy) is 3. The molecule has 2 aromatic carbocycles. The molecular weight excluding hydrogens is 498 g/mol. The van der Waals surface area contributed by atoms with E-state index in [0.29, 0.717) is 52.1 Å². The molecule has 2 aliphatic rings. The van der Waals surface area contributed by atoms with Crippen LogP contribution >= 0.6 is 11.6 Å². The van der Waals surface area contributed by atoms with Crippen molar-refractivity contribution in [3.8, 4) is 17.2 Å². The Hall–Kier alpha value is -3.02. The number of halogens is 1. The molecule has 1 fully saturated rings. The molecule has 0 bridgehead atoms. The maximum absolute atomic E-state index is 13.5. The number of fused-ring (bicyclic) bond motifs is 1. The van der Waals surface area contributed by atoms with Crippen molar-refractivity contribution in [2.75, 3.05) is 44.5 Å². The minimum Gasteiger partial charge on any atom is -0.495 e. The molecule has 1 atom stereocenters. The fraction of sp³-hybridized carbons (Fsp3) is 0.391. The number of aryl methyl sites for hydroxylation is 1. The Morgan fingerprint density at radius 1 is 1.20 bits per heavy atom. The highest BCUT2D eigenvalue weighted by Crippen LogP contribution is 2.37. The van der Waals surface area contributed by atoms with Crippen LogP contribution in [-0.2, 0) is 19.6 Å². The summed E-state index contributed by atoms with van der Waals surface area (Å²) in [6.07, 6.45) is 1.05. The molecular formula is C23H26ClN3O7S. The van der Waals surface area contributed by atoms with E-state index in [-0.39, 0.29) is 36.4 Å². The lowest BCUT2D eigenvalue weighted by atomic mass is 9.98. The highest BCUT2D eigenvalue weighted by molar-refractivity contribution is 7.89. The van der Waals surface area contributed by atoms with Crippen LogP contribution in [0.5, 0.6) is 17.2 Å². The Labute approximate surface area is 208 Å². The number of carbonyl (C=O) groups is 2. The molecule has 35 heavy (non-hydrogen) atoms. The van der Waals surface area contributed by atoms with Crippen LogP contribution in [0.4, 0.5) is 11.4 Å². The van der Waals surface area contributed by atoms with Crippen molar-refractivity contribution in [1.82, 2.24) is 4.31 Å². The molecule has 2 N–H and O–H groups in total. The summed E-state index contributed by atoms with van der Waals surface area (Å²) in [5, 5.41) is 5.78. The number of sulfonamides is 1. The molecule has 2 aliphatic heterocycles. The molecule has 2 heterocycles. The lowest BCUT2D eigenvalue weighted by Crippen LogP contribution is -2.44. The fourth-order valence-electron chi connectivity index (χ4n) is 4.20. The summed E-state index contributed by atoms with van der Waals surface area (Å²) in [5.74, 6) is -0.136. The van der Waals surface area contributed by atoms with Crippen molar-refractivity contribution in [1.29, 1.82) is 0 Å². The zero-order valence-corrected chi connectivity index (χ0v) is 21.1. The zero-order valence-electron chi connectivity index (χ0n) is 19.5. The van der Waals surface area contributed by atoms with Crippen LogP contribution in [0.3, 0.4) is 0 Å². The number of benzene rings is 2. The molecule has 0 radical (unpaired) electrons. The van der Waals surface area contributed by atoms with Crippen LogP contribution in [0.15, 0.2) is 29.2 Å². The minimum atomic E-state index is -3.91. The van der Waals surface area contributed by atoms with E-state index in [1.165, 1.54) is 30.7 Å². The number of hydrogen-bond donors (Lipinski definition) is 2. The first-order valence-corrected chi connectivity index (χ1v) is 12.8. The third-order valence-electron chi connectivity index (χ3n) is 6.01. The van der Waals surface area contributed by atoms with Gasteiger partial charge in [-0.05, 0) is 37.5 Å². The van der Waals surface area contributed by atoms with Gasteiger partial charge in [0, 0.05) is 25.2 Å². The summed E-state index contributed by atoms with van der Waals surface area (Å²) >= 11 is 6.20. The lowest BCUT2D eigenvalue weighted by Gasteiger charge is -2.32. The molecule has 0 unspecified atom stereocenters. The molecule has 188 valence electrons. The van der Waals surface area contributed by atoms with Gasteiger partial charge < -0.3 is 24.8 Å². The molecule has 12 heteroatoms. The second kappa shape index (κ2) is 9.92. The molecule has 1 saturated heterocycles. The van der Waals surface area contributed by atoms with E-state index in [2.05, 4.69) is 10.6 Å². The quantitative estimate of drug-likeness (QED) is 0.596. The van der Waals surface area contributed by atoms with Gasteiger partial charge in [0.05, 0.1) is 41.4 Å². The Bertz CT molecular complexity index is 1280. The van der Waals surface area contributed by atoms with Crippen LogP contribution in [0.2, 0.25) is 5.02 Å². The van der Waals surface area contributed by atoms with Crippen molar-refractivity contribution < 1.29 is 32.2 Å². The number of nitrogens with zero attached hydrogens (tertiary/aromatic N) is 1. The molecule has 0 aromatic heterocycles. The third-order valence-corrected chi connectivity index (χ3v) is 8.32. The van der Waals surface area contributed by atoms with Crippen LogP contribution in [0, 0.1) is 12.8 Å². The van der Waals surface area contributed by atoms with Gasteiger partial charge in [-0.3, -0.25) is 9.59 Å². The van der Waals surface area contributed by atoms with Gasteiger partial charge >= 0.3 is 0 Å². The molecule has 2 amide bonds. The summed E-state index contributed by atoms with van der Waals surface area (Å²) in [7, 11) is -0.973. The van der Waals surface area contributed by atoms with Crippen molar-refractivity contribution in [2.24, 2.45) is 5.92 Å². The maximum Gasteiger partial charge on any atom is 0.262 e. The van der Waals surface area contributed by atoms with Gasteiger partial charge in [-0.25, -0.2) is 8.42 Å². The number of hydrogen-bond acceptors (Lipinski definition) is 7. The first-order chi connectivity index (χ1) is 16.6. The van der Waals surface area contributed by atoms with Gasteiger partial charge in [-0.1, -0.05) is 11.6 Å². The average Bonchev–Trinajstić information content (AvgIpc) is 2.83. The van der Waals surface area contributed by atoms with Gasteiger partial charge in [0.25, 0.3) is 5.91 Å². The van der Waals surface area contributed by atoms with Gasteiger partial charge in [0.1, 0.15) is 17.2 Å². The first-order valence-electron chi connectivity index (χ1n) is 10.9. The summed E-state index contributed by atoms with van der Waals surface area (Å²) in [6.45, 7) is 1.79. The van der Waals surface area contributed by atoms with Gasteiger partial charge in [0.2, 0.25) is 15.9 Å². The van der Waals surface area contributed by atoms with Crippen molar-refractivity contribution in [3.63, 3.8) is 0 Å². The number of methoxy groups -OCH3 is 2. The predicted molar refractivity (Wildman–Crippen MR) is 130 cm³/mol. The smallest absolute Gasteiger partial charge is 0.262 e. The summed E-state index contributed by atoms with van der Waals surface area (Å²) < 4.78 is 44.2. The molecule has 0 spiro atoms. The number of anilines is 2. The SMILES string of the molecule is COc1cc(OC)c(NC(=O)[C@@H]2CCCN(S(=O)(=O)c3cc4c(cc3C)NC(=O)CO4)C2)cc1Cl. The molecule has 10 nitrogen and oxygen atoms in total. The lowest BCUT2D eigenvalue weighted by molar-refractivity contribution is -0.121. The highest BCUT2D eigenvalue weighted by atomic mass is 35.5. The third kappa shape index (κ3) is 5.02. The van der Waals surface area contributed by atoms with Crippen LogP contribution < -0.4 is 24.8 Å². The maximum atomic E-state index is 13.5. The van der Waals surface area contributed by atoms with E-state index < -0.39 is 15.9 Å².